The van der Waals surface area contributed by atoms with Gasteiger partial charge in [-0.3, -0.25) is 14.6 Å². The van der Waals surface area contributed by atoms with Gasteiger partial charge in [0.1, 0.15) is 6.54 Å². The molecule has 0 bridgehead atoms. The van der Waals surface area contributed by atoms with Crippen LogP contribution in [0, 0.1) is 5.92 Å². The van der Waals surface area contributed by atoms with Gasteiger partial charge < -0.3 is 9.64 Å². The smallest absolute Gasteiger partial charge is 0.327 e. The minimum Gasteiger partial charge on any atom is -0.383 e. The zero-order valence-corrected chi connectivity index (χ0v) is 16.1. The molecule has 0 aromatic heterocycles. The quantitative estimate of drug-likeness (QED) is 0.713. The van der Waals surface area contributed by atoms with Crippen molar-refractivity contribution < 1.29 is 14.3 Å². The number of rotatable bonds is 6. The third kappa shape index (κ3) is 4.03. The first-order valence-corrected chi connectivity index (χ1v) is 9.43. The molecule has 2 fully saturated rings. The van der Waals surface area contributed by atoms with Gasteiger partial charge in [0.2, 0.25) is 5.91 Å². The summed E-state index contributed by atoms with van der Waals surface area (Å²) in [5.74, 6) is 0.0756. The Morgan fingerprint density at radius 2 is 2.12 bits per heavy atom. The number of halogens is 1. The Morgan fingerprint density at radius 1 is 1.31 bits per heavy atom. The summed E-state index contributed by atoms with van der Waals surface area (Å²) in [6, 6.07) is 7.82. The van der Waals surface area contributed by atoms with E-state index in [4.69, 9.17) is 16.3 Å². The van der Waals surface area contributed by atoms with Crippen LogP contribution in [0.25, 0.3) is 0 Å². The molecule has 1 aromatic carbocycles. The maximum Gasteiger partial charge on any atom is 0.327 e. The van der Waals surface area contributed by atoms with Crippen molar-refractivity contribution in [2.45, 2.75) is 18.9 Å². The van der Waals surface area contributed by atoms with E-state index in [1.165, 1.54) is 4.90 Å². The lowest BCUT2D eigenvalue weighted by Crippen LogP contribution is -2.44. The maximum atomic E-state index is 12.6. The Kier molecular flexibility index (Phi) is 6.16. The van der Waals surface area contributed by atoms with Crippen molar-refractivity contribution in [2.75, 3.05) is 46.9 Å². The van der Waals surface area contributed by atoms with Crippen LogP contribution in [0.15, 0.2) is 24.3 Å². The predicted octanol–water partition coefficient (Wildman–Crippen LogP) is 2.63. The number of methoxy groups -OCH3 is 1. The van der Waals surface area contributed by atoms with Crippen LogP contribution in [0.4, 0.5) is 4.79 Å². The van der Waals surface area contributed by atoms with E-state index in [0.717, 1.165) is 24.9 Å². The summed E-state index contributed by atoms with van der Waals surface area (Å²) < 4.78 is 5.03. The Balaban J connectivity index is 1.76. The molecule has 7 heteroatoms. The second-order valence-electron chi connectivity index (χ2n) is 7.08. The van der Waals surface area contributed by atoms with Crippen LogP contribution in [0.1, 0.15) is 24.4 Å². The first-order chi connectivity index (χ1) is 12.5. The van der Waals surface area contributed by atoms with E-state index in [1.54, 1.807) is 12.0 Å². The van der Waals surface area contributed by atoms with Crippen molar-refractivity contribution >= 4 is 23.5 Å². The summed E-state index contributed by atoms with van der Waals surface area (Å²) in [6.45, 7) is 2.47. The lowest BCUT2D eigenvalue weighted by molar-refractivity contribution is -0.126. The highest BCUT2D eigenvalue weighted by molar-refractivity contribution is 6.30. The summed E-state index contributed by atoms with van der Waals surface area (Å²) in [4.78, 5) is 30.3. The van der Waals surface area contributed by atoms with Crippen molar-refractivity contribution in [2.24, 2.45) is 5.92 Å². The topological polar surface area (TPSA) is 53.1 Å². The second-order valence-corrected chi connectivity index (χ2v) is 7.52. The predicted molar refractivity (Wildman–Crippen MR) is 100 cm³/mol. The van der Waals surface area contributed by atoms with Crippen LogP contribution in [0.5, 0.6) is 0 Å². The Hall–Kier alpha value is -1.63. The van der Waals surface area contributed by atoms with Gasteiger partial charge >= 0.3 is 6.03 Å². The fraction of sp³-hybridized carbons (Fsp3) is 0.579. The van der Waals surface area contributed by atoms with Gasteiger partial charge in [-0.15, -0.1) is 0 Å². The van der Waals surface area contributed by atoms with Gasteiger partial charge in [0, 0.05) is 31.3 Å². The Labute approximate surface area is 159 Å². The number of urea groups is 1. The molecule has 1 aromatic rings. The van der Waals surface area contributed by atoms with Crippen molar-refractivity contribution in [3.63, 3.8) is 0 Å². The van der Waals surface area contributed by atoms with Gasteiger partial charge in [0.05, 0.1) is 6.61 Å². The average Bonchev–Trinajstić information content (AvgIpc) is 2.87. The number of hydrogen-bond acceptors (Lipinski definition) is 4. The first-order valence-electron chi connectivity index (χ1n) is 9.05. The van der Waals surface area contributed by atoms with E-state index >= 15 is 0 Å². The number of benzene rings is 1. The van der Waals surface area contributed by atoms with E-state index in [0.29, 0.717) is 24.7 Å². The van der Waals surface area contributed by atoms with Gasteiger partial charge in [-0.1, -0.05) is 23.7 Å². The molecule has 0 spiro atoms. The average molecular weight is 380 g/mol. The molecule has 0 saturated carbocycles. The molecule has 0 unspecified atom stereocenters. The highest BCUT2D eigenvalue weighted by atomic mass is 35.5. The standard InChI is InChI=1S/C19H26ClN3O3/c1-21-8-4-6-15(18(21)14-5-3-7-16(20)11-14)12-23-17(24)13-22(19(23)25)9-10-26-2/h3,5,7,11,15,18H,4,6,8-10,12-13H2,1-2H3/t15-,18+/m0/s1. The van der Waals surface area contributed by atoms with Crippen molar-refractivity contribution in [3.8, 4) is 0 Å². The third-order valence-corrected chi connectivity index (χ3v) is 5.54. The van der Waals surface area contributed by atoms with Gasteiger partial charge in [0.25, 0.3) is 0 Å². The van der Waals surface area contributed by atoms with Crippen LogP contribution >= 0.6 is 11.6 Å². The monoisotopic (exact) mass is 379 g/mol. The number of carbonyl (C=O) groups excluding carboxylic acids is 2. The number of nitrogens with zero attached hydrogens (tertiary/aromatic N) is 3. The van der Waals surface area contributed by atoms with Crippen LogP contribution in [0.2, 0.25) is 5.02 Å². The number of carbonyl (C=O) groups is 2. The highest BCUT2D eigenvalue weighted by Gasteiger charge is 2.40. The number of hydrogen-bond donors (Lipinski definition) is 0. The summed E-state index contributed by atoms with van der Waals surface area (Å²) in [7, 11) is 3.68. The molecule has 2 atom stereocenters. The van der Waals surface area contributed by atoms with Crippen molar-refractivity contribution in [1.82, 2.24) is 14.7 Å². The summed E-state index contributed by atoms with van der Waals surface area (Å²) in [5, 5.41) is 0.708. The molecular formula is C19H26ClN3O3. The largest absolute Gasteiger partial charge is 0.383 e. The molecule has 3 rings (SSSR count). The summed E-state index contributed by atoms with van der Waals surface area (Å²) in [6.07, 6.45) is 2.04. The van der Waals surface area contributed by atoms with Crippen molar-refractivity contribution in [1.29, 1.82) is 0 Å². The molecular weight excluding hydrogens is 354 g/mol. The lowest BCUT2D eigenvalue weighted by atomic mass is 9.84. The van der Waals surface area contributed by atoms with E-state index in [1.807, 2.05) is 18.2 Å². The summed E-state index contributed by atoms with van der Waals surface area (Å²) in [5.41, 5.74) is 1.14. The molecule has 0 radical (unpaired) electrons. The van der Waals surface area contributed by atoms with E-state index < -0.39 is 0 Å². The minimum atomic E-state index is -0.204. The van der Waals surface area contributed by atoms with E-state index in [-0.39, 0.29) is 30.4 Å². The first kappa shape index (κ1) is 19.1. The van der Waals surface area contributed by atoms with Crippen LogP contribution < -0.4 is 0 Å². The SMILES string of the molecule is COCCN1CC(=O)N(C[C@@H]2CCCN(C)[C@@H]2c2cccc(Cl)c2)C1=O. The number of likely N-dealkylation sites (tertiary alicyclic amines) is 1. The maximum absolute atomic E-state index is 12.6. The summed E-state index contributed by atoms with van der Waals surface area (Å²) >= 11 is 6.19. The van der Waals surface area contributed by atoms with E-state index in [9.17, 15) is 9.59 Å². The molecule has 2 heterocycles. The van der Waals surface area contributed by atoms with Crippen LogP contribution in [-0.2, 0) is 9.53 Å². The minimum absolute atomic E-state index is 0.121. The molecule has 2 aliphatic heterocycles. The highest BCUT2D eigenvalue weighted by Crippen LogP contribution is 2.37. The molecule has 2 saturated heterocycles. The molecule has 26 heavy (non-hydrogen) atoms. The number of ether oxygens (including phenoxy) is 1. The third-order valence-electron chi connectivity index (χ3n) is 5.31. The number of imide groups is 1. The van der Waals surface area contributed by atoms with E-state index in [2.05, 4.69) is 18.0 Å². The molecule has 0 N–H and O–H groups in total. The lowest BCUT2D eigenvalue weighted by Gasteiger charge is -2.40. The zero-order valence-electron chi connectivity index (χ0n) is 15.4. The van der Waals surface area contributed by atoms with Gasteiger partial charge in [-0.05, 0) is 50.0 Å². The Morgan fingerprint density at radius 3 is 2.85 bits per heavy atom. The molecule has 6 nitrogen and oxygen atoms in total. The fourth-order valence-corrected chi connectivity index (χ4v) is 4.25. The molecule has 142 valence electrons. The molecule has 2 aliphatic rings. The fourth-order valence-electron chi connectivity index (χ4n) is 4.05. The molecule has 0 aliphatic carbocycles. The molecule has 3 amide bonds. The van der Waals surface area contributed by atoms with Gasteiger partial charge in [-0.25, -0.2) is 4.79 Å². The zero-order chi connectivity index (χ0) is 18.7. The Bertz CT molecular complexity index is 669. The van der Waals surface area contributed by atoms with Crippen LogP contribution in [-0.4, -0.2) is 73.6 Å². The normalized spacial score (nSPS) is 24.6. The second kappa shape index (κ2) is 8.37. The van der Waals surface area contributed by atoms with Gasteiger partial charge in [-0.2, -0.15) is 0 Å². The number of amides is 3. The van der Waals surface area contributed by atoms with Crippen LogP contribution in [0.3, 0.4) is 0 Å². The van der Waals surface area contributed by atoms with Gasteiger partial charge in [0.15, 0.2) is 0 Å². The number of piperidine rings is 1. The van der Waals surface area contributed by atoms with Crippen molar-refractivity contribution in [3.05, 3.63) is 34.9 Å².